The predicted octanol–water partition coefficient (Wildman–Crippen LogP) is 3.45. The second-order valence-electron chi connectivity index (χ2n) is 6.34. The number of aromatic nitrogens is 2. The Morgan fingerprint density at radius 1 is 1.36 bits per heavy atom. The number of H-pyrrole nitrogens is 1. The molecule has 1 aliphatic rings. The quantitative estimate of drug-likeness (QED) is 0.854. The lowest BCUT2D eigenvalue weighted by atomic mass is 9.93. The number of carboxylic acid groups (broad SMARTS) is 1. The van der Waals surface area contributed by atoms with Crippen LogP contribution in [-0.4, -0.2) is 45.2 Å². The van der Waals surface area contributed by atoms with E-state index in [2.05, 4.69) is 10.2 Å². The minimum absolute atomic E-state index is 0.106. The number of aromatic amines is 1. The standard InChI is InChI=1S/C18H20ClN3O3/c19-14-6-2-1-5-13(14)15-10-16(21-20-15)18(25)22-9-3-4-12(11-22)7-8-17(23)24/h1-2,5-6,10,12H,3-4,7-9,11H2,(H,20,21)(H,23,24)/t12-/m1/s1. The van der Waals surface area contributed by atoms with E-state index in [0.29, 0.717) is 35.9 Å². The maximum atomic E-state index is 12.7. The molecule has 0 radical (unpaired) electrons. The van der Waals surface area contributed by atoms with Crippen LogP contribution in [-0.2, 0) is 4.79 Å². The van der Waals surface area contributed by atoms with Gasteiger partial charge in [0.15, 0.2) is 0 Å². The molecule has 2 heterocycles. The van der Waals surface area contributed by atoms with Crippen molar-refractivity contribution in [3.63, 3.8) is 0 Å². The number of halogens is 1. The summed E-state index contributed by atoms with van der Waals surface area (Å²) in [6, 6.07) is 9.06. The fraction of sp³-hybridized carbons (Fsp3) is 0.389. The lowest BCUT2D eigenvalue weighted by Crippen LogP contribution is -2.40. The van der Waals surface area contributed by atoms with Crippen LogP contribution in [0.25, 0.3) is 11.3 Å². The summed E-state index contributed by atoms with van der Waals surface area (Å²) in [4.78, 5) is 25.2. The van der Waals surface area contributed by atoms with Gasteiger partial charge < -0.3 is 10.0 Å². The summed E-state index contributed by atoms with van der Waals surface area (Å²) in [6.45, 7) is 1.27. The molecular weight excluding hydrogens is 342 g/mol. The molecule has 0 unspecified atom stereocenters. The maximum Gasteiger partial charge on any atom is 0.303 e. The molecule has 1 aromatic heterocycles. The number of hydrogen-bond acceptors (Lipinski definition) is 3. The number of carbonyl (C=O) groups is 2. The fourth-order valence-electron chi connectivity index (χ4n) is 3.22. The molecule has 1 saturated heterocycles. The Balaban J connectivity index is 1.69. The van der Waals surface area contributed by atoms with Crippen molar-refractivity contribution in [3.8, 4) is 11.3 Å². The van der Waals surface area contributed by atoms with Gasteiger partial charge in [-0.25, -0.2) is 0 Å². The molecule has 0 aliphatic carbocycles. The van der Waals surface area contributed by atoms with Crippen molar-refractivity contribution >= 4 is 23.5 Å². The highest BCUT2D eigenvalue weighted by Gasteiger charge is 2.26. The van der Waals surface area contributed by atoms with E-state index in [4.69, 9.17) is 16.7 Å². The number of nitrogens with zero attached hydrogens (tertiary/aromatic N) is 2. The van der Waals surface area contributed by atoms with Crippen LogP contribution in [0.5, 0.6) is 0 Å². The zero-order chi connectivity index (χ0) is 17.8. The maximum absolute atomic E-state index is 12.7. The van der Waals surface area contributed by atoms with Gasteiger partial charge >= 0.3 is 5.97 Å². The van der Waals surface area contributed by atoms with Crippen LogP contribution < -0.4 is 0 Å². The first-order chi connectivity index (χ1) is 12.0. The molecule has 2 N–H and O–H groups in total. The van der Waals surface area contributed by atoms with Crippen molar-refractivity contribution in [3.05, 3.63) is 41.0 Å². The van der Waals surface area contributed by atoms with Gasteiger partial charge in [0.05, 0.1) is 10.7 Å². The zero-order valence-electron chi connectivity index (χ0n) is 13.7. The average Bonchev–Trinajstić information content (AvgIpc) is 3.10. The van der Waals surface area contributed by atoms with Gasteiger partial charge in [0.25, 0.3) is 5.91 Å². The molecule has 0 saturated carbocycles. The van der Waals surface area contributed by atoms with Crippen LogP contribution in [0.1, 0.15) is 36.2 Å². The topological polar surface area (TPSA) is 86.3 Å². The zero-order valence-corrected chi connectivity index (χ0v) is 14.5. The fourth-order valence-corrected chi connectivity index (χ4v) is 3.45. The highest BCUT2D eigenvalue weighted by Crippen LogP contribution is 2.27. The second kappa shape index (κ2) is 7.70. The monoisotopic (exact) mass is 361 g/mol. The Bertz CT molecular complexity index is 774. The number of benzene rings is 1. The van der Waals surface area contributed by atoms with Crippen LogP contribution in [0.4, 0.5) is 0 Å². The van der Waals surface area contributed by atoms with Crippen molar-refractivity contribution in [2.24, 2.45) is 5.92 Å². The van der Waals surface area contributed by atoms with Gasteiger partial charge in [0.1, 0.15) is 5.69 Å². The molecule has 0 spiro atoms. The highest BCUT2D eigenvalue weighted by molar-refractivity contribution is 6.33. The van der Waals surface area contributed by atoms with Crippen molar-refractivity contribution in [1.29, 1.82) is 0 Å². The normalized spacial score (nSPS) is 17.5. The summed E-state index contributed by atoms with van der Waals surface area (Å²) in [5.41, 5.74) is 1.83. The Labute approximate surface area is 150 Å². The third-order valence-electron chi connectivity index (χ3n) is 4.53. The van der Waals surface area contributed by atoms with E-state index in [1.807, 2.05) is 18.2 Å². The summed E-state index contributed by atoms with van der Waals surface area (Å²) < 4.78 is 0. The van der Waals surface area contributed by atoms with Crippen LogP contribution in [0, 0.1) is 5.92 Å². The number of amides is 1. The summed E-state index contributed by atoms with van der Waals surface area (Å²) in [7, 11) is 0. The van der Waals surface area contributed by atoms with Crippen LogP contribution in [0.3, 0.4) is 0 Å². The lowest BCUT2D eigenvalue weighted by molar-refractivity contribution is -0.137. The third-order valence-corrected chi connectivity index (χ3v) is 4.86. The summed E-state index contributed by atoms with van der Waals surface area (Å²) in [6.07, 6.45) is 2.60. The Hall–Kier alpha value is -2.34. The van der Waals surface area contributed by atoms with Crippen molar-refractivity contribution in [2.45, 2.75) is 25.7 Å². The number of carbonyl (C=O) groups excluding carboxylic acids is 1. The van der Waals surface area contributed by atoms with E-state index in [1.165, 1.54) is 0 Å². The molecule has 0 bridgehead atoms. The van der Waals surface area contributed by atoms with Gasteiger partial charge in [-0.3, -0.25) is 14.7 Å². The van der Waals surface area contributed by atoms with E-state index in [-0.39, 0.29) is 18.2 Å². The number of nitrogens with one attached hydrogen (secondary N) is 1. The average molecular weight is 362 g/mol. The van der Waals surface area contributed by atoms with Gasteiger partial charge in [-0.1, -0.05) is 29.8 Å². The van der Waals surface area contributed by atoms with Crippen molar-refractivity contribution < 1.29 is 14.7 Å². The number of aliphatic carboxylic acids is 1. The highest BCUT2D eigenvalue weighted by atomic mass is 35.5. The van der Waals surface area contributed by atoms with Gasteiger partial charge in [0.2, 0.25) is 0 Å². The van der Waals surface area contributed by atoms with E-state index in [9.17, 15) is 9.59 Å². The summed E-state index contributed by atoms with van der Waals surface area (Å²) in [5, 5.41) is 16.4. The van der Waals surface area contributed by atoms with Gasteiger partial charge in [-0.15, -0.1) is 0 Å². The van der Waals surface area contributed by atoms with E-state index < -0.39 is 5.97 Å². The largest absolute Gasteiger partial charge is 0.481 e. The van der Waals surface area contributed by atoms with Crippen LogP contribution in [0.2, 0.25) is 5.02 Å². The van der Waals surface area contributed by atoms with E-state index in [0.717, 1.165) is 18.4 Å². The molecule has 7 heteroatoms. The van der Waals surface area contributed by atoms with Gasteiger partial charge in [-0.2, -0.15) is 5.10 Å². The Morgan fingerprint density at radius 3 is 2.92 bits per heavy atom. The molecule has 132 valence electrons. The third kappa shape index (κ3) is 4.20. The minimum Gasteiger partial charge on any atom is -0.481 e. The molecule has 3 rings (SSSR count). The summed E-state index contributed by atoms with van der Waals surface area (Å²) >= 11 is 6.18. The number of likely N-dealkylation sites (tertiary alicyclic amines) is 1. The predicted molar refractivity (Wildman–Crippen MR) is 94.5 cm³/mol. The van der Waals surface area contributed by atoms with E-state index >= 15 is 0 Å². The molecular formula is C18H20ClN3O3. The molecule has 6 nitrogen and oxygen atoms in total. The molecule has 2 aromatic rings. The van der Waals surface area contributed by atoms with Crippen molar-refractivity contribution in [2.75, 3.05) is 13.1 Å². The summed E-state index contributed by atoms with van der Waals surface area (Å²) in [5.74, 6) is -0.660. The van der Waals surface area contributed by atoms with Gasteiger partial charge in [0, 0.05) is 25.1 Å². The smallest absolute Gasteiger partial charge is 0.303 e. The molecule has 1 amide bonds. The first kappa shape index (κ1) is 17.5. The molecule has 1 fully saturated rings. The molecule has 1 aliphatic heterocycles. The minimum atomic E-state index is -0.790. The SMILES string of the molecule is O=C(O)CC[C@H]1CCCN(C(=O)c2cc(-c3ccccc3Cl)n[nH]2)C1. The molecule has 25 heavy (non-hydrogen) atoms. The van der Waals surface area contributed by atoms with Crippen molar-refractivity contribution in [1.82, 2.24) is 15.1 Å². The molecule has 1 atom stereocenters. The number of hydrogen-bond donors (Lipinski definition) is 2. The Morgan fingerprint density at radius 2 is 2.16 bits per heavy atom. The Kier molecular flexibility index (Phi) is 5.38. The van der Waals surface area contributed by atoms with E-state index in [1.54, 1.807) is 17.0 Å². The molecule has 1 aromatic carbocycles. The van der Waals surface area contributed by atoms with Crippen LogP contribution >= 0.6 is 11.6 Å². The lowest BCUT2D eigenvalue weighted by Gasteiger charge is -2.32. The second-order valence-corrected chi connectivity index (χ2v) is 6.75. The van der Waals surface area contributed by atoms with Crippen LogP contribution in [0.15, 0.2) is 30.3 Å². The first-order valence-corrected chi connectivity index (χ1v) is 8.74. The van der Waals surface area contributed by atoms with Gasteiger partial charge in [-0.05, 0) is 37.3 Å². The number of rotatable bonds is 5. The number of piperidine rings is 1. The first-order valence-electron chi connectivity index (χ1n) is 8.36. The number of carboxylic acids is 1.